The Hall–Kier alpha value is -1.83. The number of sulfonamides is 1. The summed E-state index contributed by atoms with van der Waals surface area (Å²) < 4.78 is 33.4. The minimum absolute atomic E-state index is 0.165. The molecule has 20 heavy (non-hydrogen) atoms. The molecule has 3 rings (SSSR count). The summed E-state index contributed by atoms with van der Waals surface area (Å²) in [6.45, 7) is 1.70. The normalized spacial score (nSPS) is 16.6. The van der Waals surface area contributed by atoms with E-state index in [0.29, 0.717) is 11.7 Å². The molecule has 1 aliphatic carbocycles. The van der Waals surface area contributed by atoms with Gasteiger partial charge in [0.05, 0.1) is 11.7 Å². The highest BCUT2D eigenvalue weighted by Crippen LogP contribution is 2.30. The second-order valence-electron chi connectivity index (χ2n) is 4.99. The Morgan fingerprint density at radius 1 is 1.40 bits per heavy atom. The van der Waals surface area contributed by atoms with Crippen molar-refractivity contribution in [1.82, 2.24) is 14.9 Å². The molecule has 0 amide bonds. The predicted molar refractivity (Wildman–Crippen MR) is 71.8 cm³/mol. The lowest BCUT2D eigenvalue weighted by Crippen LogP contribution is -2.13. The Balaban J connectivity index is 1.89. The molecule has 0 atom stereocenters. The molecule has 7 nitrogen and oxygen atoms in total. The third-order valence-corrected chi connectivity index (χ3v) is 4.99. The fourth-order valence-electron chi connectivity index (χ4n) is 2.54. The number of hydrogen-bond donors (Lipinski definition) is 1. The van der Waals surface area contributed by atoms with E-state index in [1.165, 1.54) is 25.2 Å². The van der Waals surface area contributed by atoms with Gasteiger partial charge in [-0.1, -0.05) is 18.0 Å². The molecule has 108 valence electrons. The number of aryl methyl sites for hydroxylation is 1. The predicted octanol–water partition coefficient (Wildman–Crippen LogP) is 2.10. The summed E-state index contributed by atoms with van der Waals surface area (Å²) >= 11 is 0. The first-order chi connectivity index (χ1) is 9.56. The van der Waals surface area contributed by atoms with Crippen LogP contribution in [0.5, 0.6) is 0 Å². The van der Waals surface area contributed by atoms with Gasteiger partial charge >= 0.3 is 0 Å². The Bertz CT molecular complexity index is 684. The second kappa shape index (κ2) is 4.93. The average Bonchev–Trinajstić information content (AvgIpc) is 3.06. The van der Waals surface area contributed by atoms with Crippen LogP contribution in [0, 0.1) is 6.92 Å². The topological polar surface area (TPSA) is 90.0 Å². The maximum absolute atomic E-state index is 12.3. The molecule has 0 spiro atoms. The van der Waals surface area contributed by atoms with Gasteiger partial charge in [0, 0.05) is 12.3 Å². The van der Waals surface area contributed by atoms with E-state index in [4.69, 9.17) is 0 Å². The Morgan fingerprint density at radius 2 is 2.15 bits per heavy atom. The molecule has 2 heterocycles. The highest BCUT2D eigenvalue weighted by atomic mass is 32.2. The lowest BCUT2D eigenvalue weighted by Gasteiger charge is -2.08. The van der Waals surface area contributed by atoms with Crippen LogP contribution >= 0.6 is 0 Å². The summed E-state index contributed by atoms with van der Waals surface area (Å²) in [6.07, 6.45) is 7.36. The quantitative estimate of drug-likeness (QED) is 0.933. The van der Waals surface area contributed by atoms with Gasteiger partial charge in [0.15, 0.2) is 5.82 Å². The van der Waals surface area contributed by atoms with Crippen LogP contribution in [0.3, 0.4) is 0 Å². The molecule has 2 aromatic rings. The molecule has 8 heteroatoms. The smallest absolute Gasteiger partial charge is 0.266 e. The Labute approximate surface area is 117 Å². The van der Waals surface area contributed by atoms with Crippen LogP contribution in [0.15, 0.2) is 27.9 Å². The third kappa shape index (κ3) is 2.43. The largest absolute Gasteiger partial charge is 0.363 e. The van der Waals surface area contributed by atoms with E-state index in [0.717, 1.165) is 12.8 Å². The van der Waals surface area contributed by atoms with E-state index in [-0.39, 0.29) is 10.7 Å². The Morgan fingerprint density at radius 3 is 2.80 bits per heavy atom. The molecule has 1 N–H and O–H groups in total. The van der Waals surface area contributed by atoms with Crippen LogP contribution < -0.4 is 4.72 Å². The molecule has 1 fully saturated rings. The fourth-order valence-corrected chi connectivity index (χ4v) is 3.71. The van der Waals surface area contributed by atoms with Crippen molar-refractivity contribution < 1.29 is 12.9 Å². The van der Waals surface area contributed by atoms with Crippen molar-refractivity contribution in [3.63, 3.8) is 0 Å². The molecule has 0 unspecified atom stereocenters. The zero-order valence-corrected chi connectivity index (χ0v) is 11.9. The molecule has 1 saturated carbocycles. The van der Waals surface area contributed by atoms with Crippen LogP contribution in [-0.4, -0.2) is 23.4 Å². The molecule has 0 saturated heterocycles. The molecular formula is C12H16N4O3S. The summed E-state index contributed by atoms with van der Waals surface area (Å²) in [6, 6.07) is 1.76. The zero-order chi connectivity index (χ0) is 14.2. The second-order valence-corrected chi connectivity index (χ2v) is 6.64. The van der Waals surface area contributed by atoms with Gasteiger partial charge in [-0.2, -0.15) is 5.10 Å². The summed E-state index contributed by atoms with van der Waals surface area (Å²) in [5.74, 6) is 0.165. The van der Waals surface area contributed by atoms with E-state index < -0.39 is 10.0 Å². The minimum atomic E-state index is -3.68. The van der Waals surface area contributed by atoms with Crippen molar-refractivity contribution in [3.8, 4) is 0 Å². The van der Waals surface area contributed by atoms with Gasteiger partial charge in [-0.05, 0) is 19.8 Å². The number of nitrogens with one attached hydrogen (secondary N) is 1. The SMILES string of the molecule is Cc1nn(C2CCCC2)cc1S(=O)(=O)Nc1ccon1. The summed E-state index contributed by atoms with van der Waals surface area (Å²) in [4.78, 5) is 0.187. The van der Waals surface area contributed by atoms with Crippen molar-refractivity contribution in [2.24, 2.45) is 0 Å². The number of nitrogens with zero attached hydrogens (tertiary/aromatic N) is 3. The van der Waals surface area contributed by atoms with Crippen molar-refractivity contribution in [1.29, 1.82) is 0 Å². The van der Waals surface area contributed by atoms with Crippen molar-refractivity contribution in [2.45, 2.75) is 43.5 Å². The van der Waals surface area contributed by atoms with Gasteiger partial charge < -0.3 is 4.52 Å². The van der Waals surface area contributed by atoms with Gasteiger partial charge in [-0.25, -0.2) is 8.42 Å². The van der Waals surface area contributed by atoms with E-state index in [1.807, 2.05) is 0 Å². The van der Waals surface area contributed by atoms with E-state index >= 15 is 0 Å². The molecule has 1 aliphatic rings. The zero-order valence-electron chi connectivity index (χ0n) is 11.1. The van der Waals surface area contributed by atoms with Crippen LogP contribution in [0.25, 0.3) is 0 Å². The number of rotatable bonds is 4. The van der Waals surface area contributed by atoms with Crippen molar-refractivity contribution >= 4 is 15.8 Å². The van der Waals surface area contributed by atoms with Crippen LogP contribution in [-0.2, 0) is 10.0 Å². The molecule has 2 aromatic heterocycles. The first-order valence-corrected chi connectivity index (χ1v) is 8.03. The minimum Gasteiger partial charge on any atom is -0.363 e. The third-order valence-electron chi connectivity index (χ3n) is 3.54. The molecule has 0 aliphatic heterocycles. The van der Waals surface area contributed by atoms with Gasteiger partial charge in [0.25, 0.3) is 10.0 Å². The maximum Gasteiger partial charge on any atom is 0.266 e. The first-order valence-electron chi connectivity index (χ1n) is 6.55. The van der Waals surface area contributed by atoms with Crippen molar-refractivity contribution in [2.75, 3.05) is 4.72 Å². The van der Waals surface area contributed by atoms with Gasteiger partial charge in [0.2, 0.25) is 0 Å². The first kappa shape index (κ1) is 13.2. The lowest BCUT2D eigenvalue weighted by atomic mass is 10.3. The molecule has 0 bridgehead atoms. The van der Waals surface area contributed by atoms with Gasteiger partial charge in [-0.15, -0.1) is 0 Å². The summed E-state index contributed by atoms with van der Waals surface area (Å²) in [5.41, 5.74) is 0.493. The summed E-state index contributed by atoms with van der Waals surface area (Å²) in [5, 5.41) is 7.89. The monoisotopic (exact) mass is 296 g/mol. The lowest BCUT2D eigenvalue weighted by molar-refractivity contribution is 0.423. The fraction of sp³-hybridized carbons (Fsp3) is 0.500. The van der Waals surface area contributed by atoms with Crippen molar-refractivity contribution in [3.05, 3.63) is 24.2 Å². The molecule has 0 aromatic carbocycles. The van der Waals surface area contributed by atoms with E-state index in [9.17, 15) is 8.42 Å². The summed E-state index contributed by atoms with van der Waals surface area (Å²) in [7, 11) is -3.68. The standard InChI is InChI=1S/C12H16N4O3S/c1-9-11(8-16(13-9)10-4-2-3-5-10)20(17,18)15-12-6-7-19-14-12/h6-8,10H,2-5H2,1H3,(H,14,15). The number of aromatic nitrogens is 3. The highest BCUT2D eigenvalue weighted by molar-refractivity contribution is 7.92. The molecular weight excluding hydrogens is 280 g/mol. The molecule has 0 radical (unpaired) electrons. The average molecular weight is 296 g/mol. The van der Waals surface area contributed by atoms with E-state index in [2.05, 4.69) is 19.5 Å². The maximum atomic E-state index is 12.3. The van der Waals surface area contributed by atoms with Gasteiger partial charge in [0.1, 0.15) is 11.2 Å². The number of anilines is 1. The number of hydrogen-bond acceptors (Lipinski definition) is 5. The van der Waals surface area contributed by atoms with Crippen LogP contribution in [0.2, 0.25) is 0 Å². The van der Waals surface area contributed by atoms with E-state index in [1.54, 1.807) is 17.8 Å². The highest BCUT2D eigenvalue weighted by Gasteiger charge is 2.25. The Kier molecular flexibility index (Phi) is 3.25. The van der Waals surface area contributed by atoms with Gasteiger partial charge in [-0.3, -0.25) is 9.40 Å². The van der Waals surface area contributed by atoms with Crippen LogP contribution in [0.4, 0.5) is 5.82 Å². The van der Waals surface area contributed by atoms with Crippen LogP contribution in [0.1, 0.15) is 37.4 Å².